The van der Waals surface area contributed by atoms with Gasteiger partial charge in [-0.15, -0.1) is 11.3 Å². The minimum Gasteiger partial charge on any atom is -0.463 e. The number of furan rings is 1. The summed E-state index contributed by atoms with van der Waals surface area (Å²) in [4.78, 5) is 29.9. The Kier molecular flexibility index (Phi) is 5.33. The Morgan fingerprint density at radius 3 is 2.67 bits per heavy atom. The molecule has 3 aromatic heterocycles. The van der Waals surface area contributed by atoms with Crippen LogP contribution in [0.5, 0.6) is 0 Å². The number of benzene rings is 1. The standard InChI is InChI=1S/C22H20N4O3S/c1-22(2,26-19(27)11-10-17(25-26)18-9-6-12-29-18)21(28)23-13-16-14-30-20(24-16)15-7-4-3-5-8-15/h3-12,14H,13H2,1-2H3,(H,23,28). The highest BCUT2D eigenvalue weighted by molar-refractivity contribution is 7.13. The van der Waals surface area contributed by atoms with Gasteiger partial charge in [0.25, 0.3) is 5.56 Å². The second-order valence-electron chi connectivity index (χ2n) is 7.20. The zero-order valence-electron chi connectivity index (χ0n) is 16.5. The SMILES string of the molecule is CC(C)(C(=O)NCc1csc(-c2ccccc2)n1)n1nc(-c2ccco2)ccc1=O. The van der Waals surface area contributed by atoms with Crippen molar-refractivity contribution >= 4 is 17.2 Å². The predicted octanol–water partition coefficient (Wildman–Crippen LogP) is 3.68. The van der Waals surface area contributed by atoms with Gasteiger partial charge in [0.15, 0.2) is 5.76 Å². The third-order valence-corrected chi connectivity index (χ3v) is 5.60. The summed E-state index contributed by atoms with van der Waals surface area (Å²) in [6.45, 7) is 3.57. The van der Waals surface area contributed by atoms with Gasteiger partial charge in [-0.25, -0.2) is 9.67 Å². The Hall–Kier alpha value is -3.52. The number of hydrogen-bond donors (Lipinski definition) is 1. The first-order chi connectivity index (χ1) is 14.4. The van der Waals surface area contributed by atoms with Gasteiger partial charge in [0.05, 0.1) is 18.5 Å². The molecule has 8 heteroatoms. The van der Waals surface area contributed by atoms with Crippen LogP contribution in [0.15, 0.2) is 75.5 Å². The Morgan fingerprint density at radius 2 is 1.93 bits per heavy atom. The Bertz CT molecular complexity index is 1210. The molecule has 152 valence electrons. The Labute approximate surface area is 177 Å². The molecule has 3 heterocycles. The van der Waals surface area contributed by atoms with E-state index in [-0.39, 0.29) is 18.0 Å². The molecule has 0 spiro atoms. The molecule has 0 unspecified atom stereocenters. The van der Waals surface area contributed by atoms with Gasteiger partial charge < -0.3 is 9.73 Å². The average Bonchev–Trinajstić information content (AvgIpc) is 3.45. The first-order valence-corrected chi connectivity index (χ1v) is 10.3. The first kappa shape index (κ1) is 19.8. The van der Waals surface area contributed by atoms with Crippen molar-refractivity contribution in [2.24, 2.45) is 0 Å². The fourth-order valence-electron chi connectivity index (χ4n) is 2.95. The molecule has 0 saturated carbocycles. The zero-order valence-corrected chi connectivity index (χ0v) is 17.3. The van der Waals surface area contributed by atoms with E-state index in [1.165, 1.54) is 28.3 Å². The van der Waals surface area contributed by atoms with E-state index in [1.807, 2.05) is 35.7 Å². The molecule has 0 aliphatic carbocycles. The van der Waals surface area contributed by atoms with Crippen molar-refractivity contribution in [3.8, 4) is 22.0 Å². The van der Waals surface area contributed by atoms with Gasteiger partial charge >= 0.3 is 0 Å². The molecule has 0 aliphatic heterocycles. The molecule has 1 aromatic carbocycles. The number of nitrogens with zero attached hydrogens (tertiary/aromatic N) is 3. The predicted molar refractivity (Wildman–Crippen MR) is 115 cm³/mol. The van der Waals surface area contributed by atoms with Crippen LogP contribution in [-0.2, 0) is 16.9 Å². The minimum absolute atomic E-state index is 0.262. The van der Waals surface area contributed by atoms with Gasteiger partial charge in [-0.1, -0.05) is 30.3 Å². The van der Waals surface area contributed by atoms with Gasteiger partial charge in [0.2, 0.25) is 5.91 Å². The average molecular weight is 420 g/mol. The van der Waals surface area contributed by atoms with Crippen molar-refractivity contribution in [2.75, 3.05) is 0 Å². The van der Waals surface area contributed by atoms with E-state index in [0.717, 1.165) is 16.3 Å². The summed E-state index contributed by atoms with van der Waals surface area (Å²) in [5.41, 5.74) is 0.703. The summed E-state index contributed by atoms with van der Waals surface area (Å²) in [6, 6.07) is 16.3. The van der Waals surface area contributed by atoms with Crippen molar-refractivity contribution in [1.29, 1.82) is 0 Å². The molecule has 0 radical (unpaired) electrons. The monoisotopic (exact) mass is 420 g/mol. The summed E-state index contributed by atoms with van der Waals surface area (Å²) >= 11 is 1.52. The van der Waals surface area contributed by atoms with Crippen LogP contribution in [0.4, 0.5) is 0 Å². The van der Waals surface area contributed by atoms with E-state index in [0.29, 0.717) is 11.5 Å². The second-order valence-corrected chi connectivity index (χ2v) is 8.06. The molecule has 1 N–H and O–H groups in total. The highest BCUT2D eigenvalue weighted by Gasteiger charge is 2.32. The summed E-state index contributed by atoms with van der Waals surface area (Å²) in [6.07, 6.45) is 1.53. The molecular formula is C22H20N4O3S. The van der Waals surface area contributed by atoms with Crippen LogP contribution in [0.3, 0.4) is 0 Å². The van der Waals surface area contributed by atoms with Crippen molar-refractivity contribution in [1.82, 2.24) is 20.1 Å². The van der Waals surface area contributed by atoms with Crippen LogP contribution in [0.25, 0.3) is 22.0 Å². The van der Waals surface area contributed by atoms with E-state index >= 15 is 0 Å². The number of aromatic nitrogens is 3. The van der Waals surface area contributed by atoms with Gasteiger partial charge in [-0.05, 0) is 32.0 Å². The van der Waals surface area contributed by atoms with Crippen molar-refractivity contribution in [3.63, 3.8) is 0 Å². The number of nitrogens with one attached hydrogen (secondary N) is 1. The molecule has 7 nitrogen and oxygen atoms in total. The van der Waals surface area contributed by atoms with E-state index in [9.17, 15) is 9.59 Å². The van der Waals surface area contributed by atoms with Crippen molar-refractivity contribution < 1.29 is 9.21 Å². The second kappa shape index (κ2) is 8.08. The van der Waals surface area contributed by atoms with Crippen molar-refractivity contribution in [2.45, 2.75) is 25.9 Å². The highest BCUT2D eigenvalue weighted by atomic mass is 32.1. The summed E-state index contributed by atoms with van der Waals surface area (Å²) in [5.74, 6) is 0.193. The number of carbonyl (C=O) groups excluding carboxylic acids is 1. The molecule has 4 aromatic rings. The molecular weight excluding hydrogens is 400 g/mol. The molecule has 0 fully saturated rings. The fraction of sp³-hybridized carbons (Fsp3) is 0.182. The van der Waals surface area contributed by atoms with E-state index in [1.54, 1.807) is 32.0 Å². The zero-order chi connectivity index (χ0) is 21.1. The third kappa shape index (κ3) is 3.95. The van der Waals surface area contributed by atoms with Crippen LogP contribution >= 0.6 is 11.3 Å². The van der Waals surface area contributed by atoms with Gasteiger partial charge in [-0.3, -0.25) is 9.59 Å². The number of hydrogen-bond acceptors (Lipinski definition) is 6. The van der Waals surface area contributed by atoms with Gasteiger partial charge in [0, 0.05) is 17.0 Å². The summed E-state index contributed by atoms with van der Waals surface area (Å²) in [7, 11) is 0. The number of carbonyl (C=O) groups is 1. The quantitative estimate of drug-likeness (QED) is 0.514. The first-order valence-electron chi connectivity index (χ1n) is 9.38. The molecule has 0 bridgehead atoms. The molecule has 4 rings (SSSR count). The van der Waals surface area contributed by atoms with Crippen LogP contribution in [0.1, 0.15) is 19.5 Å². The highest BCUT2D eigenvalue weighted by Crippen LogP contribution is 2.23. The number of rotatable bonds is 6. The minimum atomic E-state index is -1.20. The summed E-state index contributed by atoms with van der Waals surface area (Å²) < 4.78 is 6.52. The van der Waals surface area contributed by atoms with Crippen LogP contribution in [-0.4, -0.2) is 20.7 Å². The molecule has 0 saturated heterocycles. The van der Waals surface area contributed by atoms with Crippen LogP contribution in [0, 0.1) is 0 Å². The van der Waals surface area contributed by atoms with Crippen LogP contribution in [0.2, 0.25) is 0 Å². The van der Waals surface area contributed by atoms with Gasteiger partial charge in [0.1, 0.15) is 16.2 Å². The lowest BCUT2D eigenvalue weighted by Gasteiger charge is -2.25. The maximum Gasteiger partial charge on any atom is 0.267 e. The molecule has 1 amide bonds. The number of thiazole rings is 1. The smallest absolute Gasteiger partial charge is 0.267 e. The maximum atomic E-state index is 12.9. The Morgan fingerprint density at radius 1 is 1.13 bits per heavy atom. The van der Waals surface area contributed by atoms with E-state index in [4.69, 9.17) is 4.42 Å². The van der Waals surface area contributed by atoms with Crippen LogP contribution < -0.4 is 10.9 Å². The summed E-state index contributed by atoms with van der Waals surface area (Å²) in [5, 5.41) is 10.0. The maximum absolute atomic E-state index is 12.9. The largest absolute Gasteiger partial charge is 0.463 e. The van der Waals surface area contributed by atoms with Gasteiger partial charge in [-0.2, -0.15) is 5.10 Å². The van der Waals surface area contributed by atoms with Crippen molar-refractivity contribution in [3.05, 3.63) is 82.3 Å². The topological polar surface area (TPSA) is 90.0 Å². The van der Waals surface area contributed by atoms with E-state index in [2.05, 4.69) is 15.4 Å². The molecule has 30 heavy (non-hydrogen) atoms. The normalized spacial score (nSPS) is 11.4. The third-order valence-electron chi connectivity index (χ3n) is 4.66. The van der Waals surface area contributed by atoms with E-state index < -0.39 is 5.54 Å². The Balaban J connectivity index is 1.50. The lowest BCUT2D eigenvalue weighted by atomic mass is 10.0. The fourth-order valence-corrected chi connectivity index (χ4v) is 3.78. The number of amides is 1. The lowest BCUT2D eigenvalue weighted by molar-refractivity contribution is -0.129. The molecule has 0 atom stereocenters. The lowest BCUT2D eigenvalue weighted by Crippen LogP contribution is -2.49. The molecule has 0 aliphatic rings.